The maximum atomic E-state index is 12.0. The summed E-state index contributed by atoms with van der Waals surface area (Å²) in [5.74, 6) is 0.593. The number of ether oxygens (including phenoxy) is 3. The molecule has 0 saturated heterocycles. The fourth-order valence-corrected chi connectivity index (χ4v) is 3.15. The maximum absolute atomic E-state index is 12.0. The second-order valence-corrected chi connectivity index (χ2v) is 7.78. The summed E-state index contributed by atoms with van der Waals surface area (Å²) in [6, 6.07) is 15.6. The van der Waals surface area contributed by atoms with Crippen molar-refractivity contribution in [1.29, 1.82) is 0 Å². The van der Waals surface area contributed by atoms with Crippen LogP contribution in [0.5, 0.6) is 11.5 Å². The van der Waals surface area contributed by atoms with Gasteiger partial charge >= 0.3 is 5.97 Å². The quantitative estimate of drug-likeness (QED) is 0.260. The van der Waals surface area contributed by atoms with E-state index < -0.39 is 5.97 Å². The smallest absolute Gasteiger partial charge is 0.306 e. The minimum atomic E-state index is -0.394. The molecule has 178 valence electrons. The highest BCUT2D eigenvalue weighted by atomic mass is 32.1. The molecular formula is C25H32N2O5S. The average Bonchev–Trinajstić information content (AvgIpc) is 2.83. The molecule has 2 aromatic carbocycles. The van der Waals surface area contributed by atoms with Gasteiger partial charge in [0, 0.05) is 13.0 Å². The van der Waals surface area contributed by atoms with E-state index in [1.54, 1.807) is 7.11 Å². The van der Waals surface area contributed by atoms with Gasteiger partial charge in [0.05, 0.1) is 26.7 Å². The van der Waals surface area contributed by atoms with Crippen molar-refractivity contribution in [2.75, 3.05) is 20.3 Å². The van der Waals surface area contributed by atoms with Crippen LogP contribution in [0.15, 0.2) is 48.5 Å². The van der Waals surface area contributed by atoms with Gasteiger partial charge in [-0.1, -0.05) is 43.3 Å². The number of rotatable bonds is 13. The van der Waals surface area contributed by atoms with Crippen LogP contribution in [0.1, 0.15) is 43.7 Å². The molecule has 33 heavy (non-hydrogen) atoms. The first-order chi connectivity index (χ1) is 16.0. The highest BCUT2D eigenvalue weighted by Gasteiger charge is 2.10. The lowest BCUT2D eigenvalue weighted by atomic mass is 10.1. The van der Waals surface area contributed by atoms with Crippen molar-refractivity contribution in [3.63, 3.8) is 0 Å². The van der Waals surface area contributed by atoms with Gasteiger partial charge in [0.1, 0.15) is 0 Å². The molecule has 0 atom stereocenters. The van der Waals surface area contributed by atoms with E-state index in [0.717, 1.165) is 24.8 Å². The number of hydrogen-bond acceptors (Lipinski definition) is 6. The first kappa shape index (κ1) is 26.1. The summed E-state index contributed by atoms with van der Waals surface area (Å²) in [7, 11) is 1.59. The van der Waals surface area contributed by atoms with Crippen molar-refractivity contribution in [3.8, 4) is 11.5 Å². The van der Waals surface area contributed by atoms with Crippen molar-refractivity contribution < 1.29 is 23.8 Å². The number of aryl methyl sites for hydroxylation is 1. The zero-order valence-corrected chi connectivity index (χ0v) is 20.0. The van der Waals surface area contributed by atoms with Crippen molar-refractivity contribution >= 4 is 29.2 Å². The Morgan fingerprint density at radius 1 is 0.970 bits per heavy atom. The van der Waals surface area contributed by atoms with Gasteiger partial charge in [0.15, 0.2) is 16.6 Å². The molecule has 0 unspecified atom stereocenters. The van der Waals surface area contributed by atoms with Crippen LogP contribution in [0, 0.1) is 0 Å². The summed E-state index contributed by atoms with van der Waals surface area (Å²) < 4.78 is 16.2. The summed E-state index contributed by atoms with van der Waals surface area (Å²) in [5.41, 5.74) is 2.12. The molecule has 0 heterocycles. The molecule has 2 rings (SSSR count). The molecule has 0 saturated carbocycles. The van der Waals surface area contributed by atoms with Crippen LogP contribution in [-0.4, -0.2) is 37.3 Å². The third kappa shape index (κ3) is 10.4. The van der Waals surface area contributed by atoms with Crippen molar-refractivity contribution in [2.45, 2.75) is 45.6 Å². The number of nitrogens with one attached hydrogen (secondary N) is 2. The first-order valence-corrected chi connectivity index (χ1v) is 11.5. The SMILES string of the molecule is CCCOc1ccc(CNC(=S)NC(=O)CCC(=O)OCCCc2ccccc2)cc1OC. The molecule has 1 amide bonds. The molecule has 0 aromatic heterocycles. The topological polar surface area (TPSA) is 85.9 Å². The predicted molar refractivity (Wildman–Crippen MR) is 131 cm³/mol. The zero-order valence-electron chi connectivity index (χ0n) is 19.2. The molecule has 7 nitrogen and oxygen atoms in total. The Balaban J connectivity index is 1.62. The Morgan fingerprint density at radius 2 is 1.76 bits per heavy atom. The number of thiocarbonyl (C=S) groups is 1. The number of methoxy groups -OCH3 is 1. The van der Waals surface area contributed by atoms with Gasteiger partial charge in [-0.05, 0) is 54.7 Å². The molecule has 2 N–H and O–H groups in total. The molecule has 0 bridgehead atoms. The third-order valence-electron chi connectivity index (χ3n) is 4.67. The minimum absolute atomic E-state index is 0.0101. The van der Waals surface area contributed by atoms with E-state index in [4.69, 9.17) is 26.4 Å². The minimum Gasteiger partial charge on any atom is -0.493 e. The van der Waals surface area contributed by atoms with Crippen LogP contribution in [0.3, 0.4) is 0 Å². The molecule has 0 radical (unpaired) electrons. The molecule has 0 aliphatic carbocycles. The second-order valence-electron chi connectivity index (χ2n) is 7.37. The Morgan fingerprint density at radius 3 is 2.48 bits per heavy atom. The van der Waals surface area contributed by atoms with E-state index >= 15 is 0 Å². The summed E-state index contributed by atoms with van der Waals surface area (Å²) in [6.45, 7) is 3.40. The molecule has 0 spiro atoms. The van der Waals surface area contributed by atoms with E-state index in [1.807, 2.05) is 55.5 Å². The molecular weight excluding hydrogens is 440 g/mol. The summed E-state index contributed by atoms with van der Waals surface area (Å²) in [4.78, 5) is 23.9. The zero-order chi connectivity index (χ0) is 23.9. The summed E-state index contributed by atoms with van der Waals surface area (Å²) in [5, 5.41) is 5.75. The fraction of sp³-hybridized carbons (Fsp3) is 0.400. The maximum Gasteiger partial charge on any atom is 0.306 e. The Labute approximate surface area is 200 Å². The van der Waals surface area contributed by atoms with E-state index in [1.165, 1.54) is 5.56 Å². The third-order valence-corrected chi connectivity index (χ3v) is 4.91. The van der Waals surface area contributed by atoms with Crippen LogP contribution >= 0.6 is 12.2 Å². The van der Waals surface area contributed by atoms with Gasteiger partial charge in [-0.25, -0.2) is 0 Å². The van der Waals surface area contributed by atoms with Crippen LogP contribution in [0.4, 0.5) is 0 Å². The van der Waals surface area contributed by atoms with Gasteiger partial charge in [-0.3, -0.25) is 9.59 Å². The highest BCUT2D eigenvalue weighted by Crippen LogP contribution is 2.28. The van der Waals surface area contributed by atoms with Crippen molar-refractivity contribution in [3.05, 3.63) is 59.7 Å². The molecule has 0 aliphatic heterocycles. The normalized spacial score (nSPS) is 10.2. The molecule has 0 fully saturated rings. The van der Waals surface area contributed by atoms with E-state index in [2.05, 4.69) is 10.6 Å². The van der Waals surface area contributed by atoms with Gasteiger partial charge in [-0.2, -0.15) is 0 Å². The van der Waals surface area contributed by atoms with Crippen molar-refractivity contribution in [2.24, 2.45) is 0 Å². The average molecular weight is 473 g/mol. The van der Waals surface area contributed by atoms with Crippen molar-refractivity contribution in [1.82, 2.24) is 10.6 Å². The van der Waals surface area contributed by atoms with Gasteiger partial charge in [0.2, 0.25) is 5.91 Å². The van der Waals surface area contributed by atoms with Crippen LogP contribution < -0.4 is 20.1 Å². The largest absolute Gasteiger partial charge is 0.493 e. The monoisotopic (exact) mass is 472 g/mol. The van der Waals surface area contributed by atoms with E-state index in [0.29, 0.717) is 31.3 Å². The van der Waals surface area contributed by atoms with E-state index in [-0.39, 0.29) is 23.9 Å². The second kappa shape index (κ2) is 14.8. The Bertz CT molecular complexity index is 905. The number of carbonyl (C=O) groups is 2. The number of hydrogen-bond donors (Lipinski definition) is 2. The lowest BCUT2D eigenvalue weighted by molar-refractivity contribution is -0.145. The Kier molecular flexibility index (Phi) is 11.7. The first-order valence-electron chi connectivity index (χ1n) is 11.1. The molecule has 8 heteroatoms. The molecule has 0 aliphatic rings. The lowest BCUT2D eigenvalue weighted by Gasteiger charge is -2.13. The summed E-state index contributed by atoms with van der Waals surface area (Å²) in [6.07, 6.45) is 2.51. The number of benzene rings is 2. The van der Waals surface area contributed by atoms with Gasteiger partial charge in [-0.15, -0.1) is 0 Å². The molecule has 2 aromatic rings. The van der Waals surface area contributed by atoms with Crippen LogP contribution in [0.2, 0.25) is 0 Å². The predicted octanol–water partition coefficient (Wildman–Crippen LogP) is 3.93. The number of carbonyl (C=O) groups excluding carboxylic acids is 2. The lowest BCUT2D eigenvalue weighted by Crippen LogP contribution is -2.39. The van der Waals surface area contributed by atoms with Crippen LogP contribution in [-0.2, 0) is 27.3 Å². The van der Waals surface area contributed by atoms with E-state index in [9.17, 15) is 9.59 Å². The number of esters is 1. The number of amides is 1. The van der Waals surface area contributed by atoms with Gasteiger partial charge < -0.3 is 24.8 Å². The highest BCUT2D eigenvalue weighted by molar-refractivity contribution is 7.80. The Hall–Kier alpha value is -3.13. The standard InChI is InChI=1S/C25H32N2O5S/c1-3-15-31-21-12-11-20(17-22(21)30-2)18-26-25(33)27-23(28)13-14-24(29)32-16-7-10-19-8-5-4-6-9-19/h4-6,8-9,11-12,17H,3,7,10,13-16,18H2,1-2H3,(H2,26,27,28,33). The van der Waals surface area contributed by atoms with Crippen LogP contribution in [0.25, 0.3) is 0 Å². The summed E-state index contributed by atoms with van der Waals surface area (Å²) >= 11 is 5.17. The fourth-order valence-electron chi connectivity index (χ4n) is 2.96. The van der Waals surface area contributed by atoms with Gasteiger partial charge in [0.25, 0.3) is 0 Å².